The van der Waals surface area contributed by atoms with Gasteiger partial charge in [-0.3, -0.25) is 9.59 Å². The molecule has 0 heterocycles. The minimum absolute atomic E-state index is 0.0613. The number of carbonyl (C=O) groups is 2. The molecule has 0 radical (unpaired) electrons. The minimum Gasteiger partial charge on any atom is -0.325 e. The van der Waals surface area contributed by atoms with Gasteiger partial charge in [0.1, 0.15) is 5.41 Å². The van der Waals surface area contributed by atoms with Crippen LogP contribution in [0.15, 0.2) is 42.5 Å². The molecule has 0 aliphatic heterocycles. The lowest BCUT2D eigenvalue weighted by atomic mass is 9.87. The lowest BCUT2D eigenvalue weighted by Gasteiger charge is -2.20. The largest absolute Gasteiger partial charge is 0.325 e. The molecular formula is C23H28N2O2. The van der Waals surface area contributed by atoms with E-state index in [2.05, 4.69) is 31.4 Å². The van der Waals surface area contributed by atoms with Crippen LogP contribution < -0.4 is 10.6 Å². The average molecular weight is 364 g/mol. The van der Waals surface area contributed by atoms with Gasteiger partial charge in [-0.15, -0.1) is 0 Å². The first-order valence-corrected chi connectivity index (χ1v) is 9.43. The van der Waals surface area contributed by atoms with E-state index in [0.717, 1.165) is 22.5 Å². The van der Waals surface area contributed by atoms with Crippen LogP contribution >= 0.6 is 0 Å². The summed E-state index contributed by atoms with van der Waals surface area (Å²) >= 11 is 0. The van der Waals surface area contributed by atoms with Gasteiger partial charge < -0.3 is 10.6 Å². The molecule has 0 atom stereocenters. The zero-order chi connectivity index (χ0) is 19.8. The molecule has 0 aromatic heterocycles. The summed E-state index contributed by atoms with van der Waals surface area (Å²) < 4.78 is 0. The molecule has 2 N–H and O–H groups in total. The van der Waals surface area contributed by atoms with Crippen molar-refractivity contribution in [1.29, 1.82) is 0 Å². The second-order valence-corrected chi connectivity index (χ2v) is 8.57. The van der Waals surface area contributed by atoms with Gasteiger partial charge in [0, 0.05) is 11.4 Å². The van der Waals surface area contributed by atoms with Crippen LogP contribution in [0.2, 0.25) is 0 Å². The highest BCUT2D eigenvalue weighted by Gasteiger charge is 2.56. The predicted molar refractivity (Wildman–Crippen MR) is 110 cm³/mol. The van der Waals surface area contributed by atoms with E-state index < -0.39 is 5.41 Å². The molecule has 1 fully saturated rings. The van der Waals surface area contributed by atoms with Crippen molar-refractivity contribution in [2.75, 3.05) is 10.6 Å². The minimum atomic E-state index is -0.959. The lowest BCUT2D eigenvalue weighted by Crippen LogP contribution is -2.35. The Morgan fingerprint density at radius 2 is 1.48 bits per heavy atom. The molecule has 0 bridgehead atoms. The molecule has 3 rings (SSSR count). The second kappa shape index (κ2) is 6.84. The number of nitrogens with one attached hydrogen (secondary N) is 2. The average Bonchev–Trinajstić information content (AvgIpc) is 3.40. The Hall–Kier alpha value is -2.62. The third kappa shape index (κ3) is 3.90. The SMILES string of the molecule is Cc1cccc(NC(=O)C2(C(=O)Nc3ccc(C(C)(C)C)cc3)CC2)c1C. The zero-order valence-corrected chi connectivity index (χ0v) is 16.8. The molecule has 142 valence electrons. The molecule has 1 aliphatic rings. The van der Waals surface area contributed by atoms with E-state index in [1.54, 1.807) is 0 Å². The summed E-state index contributed by atoms with van der Waals surface area (Å²) in [5, 5.41) is 5.87. The van der Waals surface area contributed by atoms with Gasteiger partial charge in [-0.1, -0.05) is 45.0 Å². The quantitative estimate of drug-likeness (QED) is 0.754. The van der Waals surface area contributed by atoms with Crippen LogP contribution in [0.3, 0.4) is 0 Å². The first kappa shape index (κ1) is 19.2. The van der Waals surface area contributed by atoms with E-state index in [4.69, 9.17) is 0 Å². The van der Waals surface area contributed by atoms with Crippen LogP contribution in [0.25, 0.3) is 0 Å². The van der Waals surface area contributed by atoms with Crippen molar-refractivity contribution >= 4 is 23.2 Å². The molecule has 0 saturated heterocycles. The van der Waals surface area contributed by atoms with Crippen LogP contribution in [0.5, 0.6) is 0 Å². The predicted octanol–water partition coefficient (Wildman–Crippen LogP) is 4.96. The van der Waals surface area contributed by atoms with Crippen LogP contribution in [-0.2, 0) is 15.0 Å². The molecule has 4 heteroatoms. The molecule has 2 amide bonds. The Bertz CT molecular complexity index is 872. The maximum atomic E-state index is 12.8. The molecule has 27 heavy (non-hydrogen) atoms. The number of anilines is 2. The van der Waals surface area contributed by atoms with E-state index in [1.807, 2.05) is 56.3 Å². The van der Waals surface area contributed by atoms with Crippen molar-refractivity contribution in [2.45, 2.75) is 52.9 Å². The summed E-state index contributed by atoms with van der Waals surface area (Å²) in [6.07, 6.45) is 1.16. The van der Waals surface area contributed by atoms with Crippen LogP contribution in [0.4, 0.5) is 11.4 Å². The number of aryl methyl sites for hydroxylation is 1. The van der Waals surface area contributed by atoms with E-state index >= 15 is 0 Å². The standard InChI is InChI=1S/C23H28N2O2/c1-15-7-6-8-19(16(15)2)25-21(27)23(13-14-23)20(26)24-18-11-9-17(10-12-18)22(3,4)5/h6-12H,13-14H2,1-5H3,(H,24,26)(H,25,27). The molecule has 2 aromatic rings. The van der Waals surface area contributed by atoms with Crippen molar-refractivity contribution in [3.8, 4) is 0 Å². The number of amides is 2. The third-order valence-corrected chi connectivity index (χ3v) is 5.48. The Kier molecular flexibility index (Phi) is 4.85. The Balaban J connectivity index is 1.70. The van der Waals surface area contributed by atoms with Crippen LogP contribution in [0, 0.1) is 19.3 Å². The van der Waals surface area contributed by atoms with Gasteiger partial charge in [0.05, 0.1) is 0 Å². The number of benzene rings is 2. The first-order chi connectivity index (χ1) is 12.6. The number of carbonyl (C=O) groups excluding carboxylic acids is 2. The van der Waals surface area contributed by atoms with Gasteiger partial charge in [0.2, 0.25) is 11.8 Å². The van der Waals surface area contributed by atoms with Gasteiger partial charge in [-0.05, 0) is 67.0 Å². The fourth-order valence-corrected chi connectivity index (χ4v) is 3.11. The molecule has 0 unspecified atom stereocenters. The summed E-state index contributed by atoms with van der Waals surface area (Å²) in [6.45, 7) is 10.4. The summed E-state index contributed by atoms with van der Waals surface area (Å²) in [5.74, 6) is -0.450. The molecule has 2 aromatic carbocycles. The smallest absolute Gasteiger partial charge is 0.240 e. The van der Waals surface area contributed by atoms with Crippen LogP contribution in [0.1, 0.15) is 50.3 Å². The first-order valence-electron chi connectivity index (χ1n) is 9.43. The van der Waals surface area contributed by atoms with Crippen molar-refractivity contribution in [1.82, 2.24) is 0 Å². The highest BCUT2D eigenvalue weighted by molar-refractivity contribution is 6.17. The maximum Gasteiger partial charge on any atom is 0.240 e. The van der Waals surface area contributed by atoms with E-state index in [-0.39, 0.29) is 17.2 Å². The summed E-state index contributed by atoms with van der Waals surface area (Å²) in [5.41, 5.74) is 3.94. The monoisotopic (exact) mass is 364 g/mol. The van der Waals surface area contributed by atoms with Crippen molar-refractivity contribution in [3.05, 3.63) is 59.2 Å². The molecule has 1 aliphatic carbocycles. The normalized spacial score (nSPS) is 15.1. The van der Waals surface area contributed by atoms with E-state index in [0.29, 0.717) is 12.8 Å². The lowest BCUT2D eigenvalue weighted by molar-refractivity contribution is -0.131. The molecule has 4 nitrogen and oxygen atoms in total. The van der Waals surface area contributed by atoms with Gasteiger partial charge in [0.25, 0.3) is 0 Å². The van der Waals surface area contributed by atoms with Crippen molar-refractivity contribution < 1.29 is 9.59 Å². The van der Waals surface area contributed by atoms with Gasteiger partial charge in [-0.25, -0.2) is 0 Å². The van der Waals surface area contributed by atoms with Crippen molar-refractivity contribution in [3.63, 3.8) is 0 Å². The number of hydrogen-bond acceptors (Lipinski definition) is 2. The Morgan fingerprint density at radius 3 is 2.04 bits per heavy atom. The third-order valence-electron chi connectivity index (χ3n) is 5.48. The number of rotatable bonds is 4. The zero-order valence-electron chi connectivity index (χ0n) is 16.8. The fourth-order valence-electron chi connectivity index (χ4n) is 3.11. The van der Waals surface area contributed by atoms with Gasteiger partial charge in [0.15, 0.2) is 0 Å². The molecule has 1 saturated carbocycles. The number of hydrogen-bond donors (Lipinski definition) is 2. The fraction of sp³-hybridized carbons (Fsp3) is 0.391. The summed E-state index contributed by atoms with van der Waals surface area (Å²) in [6, 6.07) is 13.6. The van der Waals surface area contributed by atoms with E-state index in [1.165, 1.54) is 5.56 Å². The Labute approximate surface area is 161 Å². The van der Waals surface area contributed by atoms with Gasteiger partial charge >= 0.3 is 0 Å². The second-order valence-electron chi connectivity index (χ2n) is 8.57. The van der Waals surface area contributed by atoms with Crippen molar-refractivity contribution in [2.24, 2.45) is 5.41 Å². The summed E-state index contributed by atoms with van der Waals surface area (Å²) in [4.78, 5) is 25.6. The summed E-state index contributed by atoms with van der Waals surface area (Å²) in [7, 11) is 0. The maximum absolute atomic E-state index is 12.8. The highest BCUT2D eigenvalue weighted by atomic mass is 16.2. The van der Waals surface area contributed by atoms with Gasteiger partial charge in [-0.2, -0.15) is 0 Å². The van der Waals surface area contributed by atoms with Crippen LogP contribution in [-0.4, -0.2) is 11.8 Å². The topological polar surface area (TPSA) is 58.2 Å². The molecule has 0 spiro atoms. The van der Waals surface area contributed by atoms with E-state index in [9.17, 15) is 9.59 Å². The highest BCUT2D eigenvalue weighted by Crippen LogP contribution is 2.47. The Morgan fingerprint density at radius 1 is 0.889 bits per heavy atom. The molecular weight excluding hydrogens is 336 g/mol.